The minimum atomic E-state index is -3.85. The number of nitrogens with one attached hydrogen (secondary N) is 2. The number of aliphatic hydroxyl groups excluding tert-OH is 1. The van der Waals surface area contributed by atoms with Crippen molar-refractivity contribution in [1.29, 1.82) is 0 Å². The summed E-state index contributed by atoms with van der Waals surface area (Å²) in [5, 5.41) is 14.0. The van der Waals surface area contributed by atoms with Crippen molar-refractivity contribution in [3.63, 3.8) is 0 Å². The van der Waals surface area contributed by atoms with Gasteiger partial charge in [0.2, 0.25) is 10.0 Å². The Balaban J connectivity index is 1.59. The van der Waals surface area contributed by atoms with Crippen molar-refractivity contribution in [3.8, 4) is 0 Å². The lowest BCUT2D eigenvalue weighted by Crippen LogP contribution is -2.39. The maximum atomic E-state index is 13.0. The van der Waals surface area contributed by atoms with Crippen molar-refractivity contribution in [2.75, 3.05) is 5.32 Å². The Morgan fingerprint density at radius 1 is 1.06 bits per heavy atom. The summed E-state index contributed by atoms with van der Waals surface area (Å²) in [7, 11) is -3.85. The van der Waals surface area contributed by atoms with Crippen molar-refractivity contribution in [2.24, 2.45) is 0 Å². The third-order valence-electron chi connectivity index (χ3n) is 5.86. The highest BCUT2D eigenvalue weighted by molar-refractivity contribution is 7.89. The molecule has 3 N–H and O–H groups in total. The molecule has 3 aromatic rings. The van der Waals surface area contributed by atoms with E-state index in [9.17, 15) is 18.3 Å². The molecular weight excluding hydrogens is 460 g/mol. The van der Waals surface area contributed by atoms with Crippen LogP contribution in [0.25, 0.3) is 0 Å². The largest absolute Gasteiger partial charge is 0.391 e. The molecule has 1 aliphatic rings. The van der Waals surface area contributed by atoms with Crippen LogP contribution in [0, 0.1) is 0 Å². The van der Waals surface area contributed by atoms with Gasteiger partial charge in [-0.1, -0.05) is 36.7 Å². The van der Waals surface area contributed by atoms with Crippen LogP contribution in [0.3, 0.4) is 0 Å². The molecule has 0 heterocycles. The van der Waals surface area contributed by atoms with E-state index in [1.165, 1.54) is 0 Å². The highest BCUT2D eigenvalue weighted by Crippen LogP contribution is 2.33. The van der Waals surface area contributed by atoms with Gasteiger partial charge in [0.1, 0.15) is 0 Å². The van der Waals surface area contributed by atoms with Crippen molar-refractivity contribution >= 4 is 33.2 Å². The number of sulfonamides is 1. The van der Waals surface area contributed by atoms with Gasteiger partial charge in [0, 0.05) is 16.3 Å². The predicted octanol–water partition coefficient (Wildman–Crippen LogP) is 4.48. The fourth-order valence-electron chi connectivity index (χ4n) is 3.95. The highest BCUT2D eigenvalue weighted by Gasteiger charge is 2.32. The Kier molecular flexibility index (Phi) is 6.86. The van der Waals surface area contributed by atoms with Crippen molar-refractivity contribution in [1.82, 2.24) is 4.72 Å². The molecular formula is C25H25ClN2O4S. The van der Waals surface area contributed by atoms with Gasteiger partial charge >= 0.3 is 0 Å². The summed E-state index contributed by atoms with van der Waals surface area (Å²) in [5.41, 5.74) is 3.58. The van der Waals surface area contributed by atoms with Crippen LogP contribution in [0.4, 0.5) is 5.69 Å². The molecule has 4 rings (SSSR count). The Hall–Kier alpha value is -2.71. The average molecular weight is 485 g/mol. The van der Waals surface area contributed by atoms with Gasteiger partial charge in [-0.25, -0.2) is 13.1 Å². The maximum absolute atomic E-state index is 13.0. The lowest BCUT2D eigenvalue weighted by atomic mass is 9.86. The molecule has 8 heteroatoms. The number of hydrogen-bond donors (Lipinski definition) is 3. The molecule has 6 nitrogen and oxygen atoms in total. The van der Waals surface area contributed by atoms with E-state index in [2.05, 4.69) is 10.0 Å². The van der Waals surface area contributed by atoms with Gasteiger partial charge in [-0.05, 0) is 84.5 Å². The molecule has 1 aliphatic carbocycles. The maximum Gasteiger partial charge on any atom is 0.255 e. The number of carbonyl (C=O) groups is 1. The summed E-state index contributed by atoms with van der Waals surface area (Å²) >= 11 is 5.89. The Bertz CT molecular complexity index is 1260. The van der Waals surface area contributed by atoms with E-state index in [4.69, 9.17) is 11.6 Å². The van der Waals surface area contributed by atoms with E-state index in [-0.39, 0.29) is 10.8 Å². The molecule has 3 aromatic carbocycles. The Morgan fingerprint density at radius 3 is 2.42 bits per heavy atom. The van der Waals surface area contributed by atoms with Gasteiger partial charge < -0.3 is 10.4 Å². The quantitative estimate of drug-likeness (QED) is 0.480. The number of anilines is 1. The fourth-order valence-corrected chi connectivity index (χ4v) is 5.33. The zero-order valence-corrected chi connectivity index (χ0v) is 19.7. The number of hydrogen-bond acceptors (Lipinski definition) is 4. The summed E-state index contributed by atoms with van der Waals surface area (Å²) in [5.74, 6) is -0.309. The molecule has 0 fully saturated rings. The minimum absolute atomic E-state index is 0.145. The van der Waals surface area contributed by atoms with Crippen LogP contribution in [0.2, 0.25) is 5.02 Å². The second kappa shape index (κ2) is 9.65. The monoisotopic (exact) mass is 484 g/mol. The van der Waals surface area contributed by atoms with Gasteiger partial charge in [0.15, 0.2) is 0 Å². The summed E-state index contributed by atoms with van der Waals surface area (Å²) in [6.45, 7) is 2.00. The normalized spacial score (nSPS) is 17.9. The number of fused-ring (bicyclic) bond motifs is 1. The Morgan fingerprint density at radius 2 is 1.76 bits per heavy atom. The van der Waals surface area contributed by atoms with Crippen LogP contribution in [0.5, 0.6) is 0 Å². The molecule has 172 valence electrons. The standard InChI is InChI=1S/C25H25ClN2O4S/c1-2-16-3-12-21(13-4-16)33(31,32)28-24-22-15-20(11-7-17(22)8-14-23(24)29)27-25(30)18-5-9-19(26)10-6-18/h3-7,9-13,15,23-24,28-29H,2,8,14H2,1H3,(H,27,30)/t23-,24-/m1/s1. The first-order valence-electron chi connectivity index (χ1n) is 10.8. The van der Waals surface area contributed by atoms with Crippen molar-refractivity contribution in [2.45, 2.75) is 43.2 Å². The molecule has 0 saturated heterocycles. The molecule has 0 aliphatic heterocycles. The van der Waals surface area contributed by atoms with Crippen LogP contribution in [-0.2, 0) is 22.9 Å². The number of aryl methyl sites for hydroxylation is 2. The third kappa shape index (κ3) is 5.28. The van der Waals surface area contributed by atoms with Gasteiger partial charge in [-0.3, -0.25) is 4.79 Å². The number of aliphatic hydroxyl groups is 1. The van der Waals surface area contributed by atoms with Crippen LogP contribution in [0.15, 0.2) is 71.6 Å². The van der Waals surface area contributed by atoms with Crippen LogP contribution < -0.4 is 10.0 Å². The second-order valence-corrected chi connectivity index (χ2v) is 10.2. The molecule has 0 spiro atoms. The first kappa shape index (κ1) is 23.4. The molecule has 0 unspecified atom stereocenters. The Labute approximate surface area is 198 Å². The third-order valence-corrected chi connectivity index (χ3v) is 7.57. The zero-order chi connectivity index (χ0) is 23.6. The number of halogens is 1. The molecule has 0 bridgehead atoms. The van der Waals surface area contributed by atoms with E-state index < -0.39 is 22.2 Å². The van der Waals surface area contributed by atoms with E-state index in [1.54, 1.807) is 60.7 Å². The molecule has 0 aromatic heterocycles. The topological polar surface area (TPSA) is 95.5 Å². The number of benzene rings is 3. The summed E-state index contributed by atoms with van der Waals surface area (Å²) in [6, 6.07) is 17.8. The SMILES string of the molecule is CCc1ccc(S(=O)(=O)N[C@@H]2c3cc(NC(=O)c4ccc(Cl)cc4)ccc3CC[C@H]2O)cc1. The van der Waals surface area contributed by atoms with E-state index in [0.717, 1.165) is 17.5 Å². The molecule has 33 heavy (non-hydrogen) atoms. The zero-order valence-electron chi connectivity index (χ0n) is 18.1. The molecule has 2 atom stereocenters. The van der Waals surface area contributed by atoms with Gasteiger partial charge in [0.25, 0.3) is 5.91 Å². The fraction of sp³-hybridized carbons (Fsp3) is 0.240. The first-order chi connectivity index (χ1) is 15.8. The first-order valence-corrected chi connectivity index (χ1v) is 12.6. The van der Waals surface area contributed by atoms with Crippen molar-refractivity contribution < 1.29 is 18.3 Å². The number of carbonyl (C=O) groups excluding carboxylic acids is 1. The lowest BCUT2D eigenvalue weighted by molar-refractivity contribution is 0.102. The van der Waals surface area contributed by atoms with E-state index >= 15 is 0 Å². The molecule has 0 radical (unpaired) electrons. The number of rotatable bonds is 6. The second-order valence-electron chi connectivity index (χ2n) is 8.08. The van der Waals surface area contributed by atoms with Crippen LogP contribution >= 0.6 is 11.6 Å². The van der Waals surface area contributed by atoms with Crippen molar-refractivity contribution in [3.05, 3.63) is 94.0 Å². The molecule has 1 amide bonds. The predicted molar refractivity (Wildman–Crippen MR) is 129 cm³/mol. The van der Waals surface area contributed by atoms with Gasteiger partial charge in [-0.2, -0.15) is 0 Å². The summed E-state index contributed by atoms with van der Waals surface area (Å²) in [6.07, 6.45) is 0.980. The van der Waals surface area contributed by atoms with Gasteiger partial charge in [0.05, 0.1) is 17.0 Å². The number of amides is 1. The van der Waals surface area contributed by atoms with Gasteiger partial charge in [-0.15, -0.1) is 0 Å². The average Bonchev–Trinajstić information content (AvgIpc) is 2.81. The smallest absolute Gasteiger partial charge is 0.255 e. The summed E-state index contributed by atoms with van der Waals surface area (Å²) in [4.78, 5) is 12.7. The minimum Gasteiger partial charge on any atom is -0.391 e. The lowest BCUT2D eigenvalue weighted by Gasteiger charge is -2.31. The molecule has 0 saturated carbocycles. The highest BCUT2D eigenvalue weighted by atomic mass is 35.5. The van der Waals surface area contributed by atoms with Crippen LogP contribution in [0.1, 0.15) is 46.4 Å². The van der Waals surface area contributed by atoms with Crippen LogP contribution in [-0.4, -0.2) is 25.5 Å². The summed E-state index contributed by atoms with van der Waals surface area (Å²) < 4.78 is 28.7. The van der Waals surface area contributed by atoms with E-state index in [0.29, 0.717) is 34.7 Å². The van der Waals surface area contributed by atoms with E-state index in [1.807, 2.05) is 13.0 Å².